The van der Waals surface area contributed by atoms with Crippen LogP contribution in [-0.2, 0) is 16.1 Å². The van der Waals surface area contributed by atoms with E-state index in [-0.39, 0.29) is 29.9 Å². The summed E-state index contributed by atoms with van der Waals surface area (Å²) < 4.78 is 0. The number of likely N-dealkylation sites (tertiary alicyclic amines) is 1. The fraction of sp³-hybridized carbons (Fsp3) is 0.250. The van der Waals surface area contributed by atoms with Gasteiger partial charge in [-0.3, -0.25) is 14.4 Å². The molecule has 1 heterocycles. The van der Waals surface area contributed by atoms with Crippen molar-refractivity contribution < 1.29 is 14.4 Å². The average Bonchev–Trinajstić information content (AvgIpc) is 2.98. The second-order valence-corrected chi connectivity index (χ2v) is 6.86. The normalized spacial score (nSPS) is 16.6. The summed E-state index contributed by atoms with van der Waals surface area (Å²) in [4.78, 5) is 37.6. The summed E-state index contributed by atoms with van der Waals surface area (Å²) in [7, 11) is 0. The molecule has 0 saturated carbocycles. The predicted octanol–water partition coefficient (Wildman–Crippen LogP) is 3.53. The summed E-state index contributed by atoms with van der Waals surface area (Å²) in [6.07, 6.45) is 0.199. The van der Waals surface area contributed by atoms with Crippen molar-refractivity contribution >= 4 is 34.9 Å². The molecule has 2 aromatic carbocycles. The second-order valence-electron chi connectivity index (χ2n) is 6.42. The largest absolute Gasteiger partial charge is 0.338 e. The first-order valence-corrected chi connectivity index (χ1v) is 8.74. The number of hydrogen-bond acceptors (Lipinski definition) is 3. The molecule has 2 aromatic rings. The van der Waals surface area contributed by atoms with Gasteiger partial charge in [0, 0.05) is 35.8 Å². The Morgan fingerprint density at radius 1 is 1.12 bits per heavy atom. The summed E-state index contributed by atoms with van der Waals surface area (Å²) in [6.45, 7) is 2.35. The summed E-state index contributed by atoms with van der Waals surface area (Å²) >= 11 is 5.87. The second kappa shape index (κ2) is 7.70. The van der Waals surface area contributed by atoms with Crippen molar-refractivity contribution in [3.8, 4) is 0 Å². The van der Waals surface area contributed by atoms with E-state index >= 15 is 0 Å². The highest BCUT2D eigenvalue weighted by Crippen LogP contribution is 2.22. The number of rotatable bonds is 5. The van der Waals surface area contributed by atoms with Gasteiger partial charge in [0.05, 0.1) is 5.92 Å². The molecule has 1 N–H and O–H groups in total. The number of carbonyl (C=O) groups is 3. The fourth-order valence-electron chi connectivity index (χ4n) is 2.94. The molecule has 3 rings (SSSR count). The number of anilines is 1. The van der Waals surface area contributed by atoms with E-state index in [0.29, 0.717) is 29.4 Å². The van der Waals surface area contributed by atoms with Crippen LogP contribution in [0.15, 0.2) is 48.5 Å². The minimum Gasteiger partial charge on any atom is -0.338 e. The van der Waals surface area contributed by atoms with E-state index in [2.05, 4.69) is 5.32 Å². The van der Waals surface area contributed by atoms with E-state index in [1.165, 1.54) is 6.92 Å². The van der Waals surface area contributed by atoms with Crippen LogP contribution >= 0.6 is 11.6 Å². The maximum Gasteiger partial charge on any atom is 0.229 e. The summed E-state index contributed by atoms with van der Waals surface area (Å²) in [5.74, 6) is -0.635. The van der Waals surface area contributed by atoms with Crippen molar-refractivity contribution in [2.45, 2.75) is 19.9 Å². The SMILES string of the molecule is CC(=O)c1ccc(NC(=O)C2CC(=O)N(Cc3ccc(Cl)cc3)C2)cc1. The molecule has 6 heteroatoms. The highest BCUT2D eigenvalue weighted by molar-refractivity contribution is 6.30. The number of nitrogens with zero attached hydrogens (tertiary/aromatic N) is 1. The molecule has 0 bridgehead atoms. The van der Waals surface area contributed by atoms with Crippen LogP contribution in [0.3, 0.4) is 0 Å². The van der Waals surface area contributed by atoms with Gasteiger partial charge in [0.2, 0.25) is 11.8 Å². The maximum atomic E-state index is 12.4. The van der Waals surface area contributed by atoms with E-state index in [1.807, 2.05) is 12.1 Å². The molecule has 1 atom stereocenters. The lowest BCUT2D eigenvalue weighted by Crippen LogP contribution is -2.28. The van der Waals surface area contributed by atoms with Gasteiger partial charge in [-0.1, -0.05) is 23.7 Å². The first-order chi connectivity index (χ1) is 12.4. The lowest BCUT2D eigenvalue weighted by molar-refractivity contribution is -0.128. The Hall–Kier alpha value is -2.66. The van der Waals surface area contributed by atoms with Crippen LogP contribution in [0.1, 0.15) is 29.3 Å². The number of Topliss-reactive ketones (excluding diaryl/α,β-unsaturated/α-hetero) is 1. The monoisotopic (exact) mass is 370 g/mol. The molecule has 1 aliphatic heterocycles. The zero-order valence-electron chi connectivity index (χ0n) is 14.4. The number of hydrogen-bond donors (Lipinski definition) is 1. The standard InChI is InChI=1S/C20H19ClN2O3/c1-13(24)15-4-8-18(9-5-15)22-20(26)16-10-19(25)23(12-16)11-14-2-6-17(21)7-3-14/h2-9,16H,10-12H2,1H3,(H,22,26). The number of carbonyl (C=O) groups excluding carboxylic acids is 3. The van der Waals surface area contributed by atoms with Crippen molar-refractivity contribution in [1.29, 1.82) is 0 Å². The first kappa shape index (κ1) is 18.1. The quantitative estimate of drug-likeness (QED) is 0.819. The lowest BCUT2D eigenvalue weighted by atomic mass is 10.1. The minimum absolute atomic E-state index is 0.0258. The highest BCUT2D eigenvalue weighted by Gasteiger charge is 2.34. The van der Waals surface area contributed by atoms with Gasteiger partial charge in [-0.05, 0) is 48.9 Å². The summed E-state index contributed by atoms with van der Waals surface area (Å²) in [6, 6.07) is 14.0. The zero-order valence-corrected chi connectivity index (χ0v) is 15.1. The van der Waals surface area contributed by atoms with Gasteiger partial charge in [0.1, 0.15) is 0 Å². The smallest absolute Gasteiger partial charge is 0.229 e. The Morgan fingerprint density at radius 3 is 2.38 bits per heavy atom. The van der Waals surface area contributed by atoms with Gasteiger partial charge >= 0.3 is 0 Å². The molecule has 5 nitrogen and oxygen atoms in total. The van der Waals surface area contributed by atoms with Gasteiger partial charge in [0.25, 0.3) is 0 Å². The number of benzene rings is 2. The van der Waals surface area contributed by atoms with Gasteiger partial charge in [-0.2, -0.15) is 0 Å². The number of halogens is 1. The van der Waals surface area contributed by atoms with Gasteiger partial charge < -0.3 is 10.2 Å². The number of amides is 2. The number of nitrogens with one attached hydrogen (secondary N) is 1. The first-order valence-electron chi connectivity index (χ1n) is 8.36. The molecule has 1 fully saturated rings. The Kier molecular flexibility index (Phi) is 5.38. The van der Waals surface area contributed by atoms with E-state index < -0.39 is 0 Å². The Bertz CT molecular complexity index is 831. The van der Waals surface area contributed by atoms with Crippen molar-refractivity contribution in [3.63, 3.8) is 0 Å². The van der Waals surface area contributed by atoms with Crippen LogP contribution in [0.5, 0.6) is 0 Å². The minimum atomic E-state index is -0.387. The molecule has 134 valence electrons. The van der Waals surface area contributed by atoms with Crippen molar-refractivity contribution in [3.05, 3.63) is 64.7 Å². The van der Waals surface area contributed by atoms with Crippen molar-refractivity contribution in [2.24, 2.45) is 5.92 Å². The van der Waals surface area contributed by atoms with Crippen LogP contribution in [-0.4, -0.2) is 29.0 Å². The molecular formula is C20H19ClN2O3. The topological polar surface area (TPSA) is 66.5 Å². The van der Waals surface area contributed by atoms with Gasteiger partial charge in [-0.15, -0.1) is 0 Å². The van der Waals surface area contributed by atoms with E-state index in [1.54, 1.807) is 41.3 Å². The third-order valence-corrected chi connectivity index (χ3v) is 4.68. The maximum absolute atomic E-state index is 12.4. The molecule has 1 saturated heterocycles. The Balaban J connectivity index is 1.59. The van der Waals surface area contributed by atoms with Crippen molar-refractivity contribution in [1.82, 2.24) is 4.90 Å². The molecule has 26 heavy (non-hydrogen) atoms. The molecule has 0 spiro atoms. The molecule has 1 unspecified atom stereocenters. The highest BCUT2D eigenvalue weighted by atomic mass is 35.5. The van der Waals surface area contributed by atoms with Crippen LogP contribution in [0.2, 0.25) is 5.02 Å². The van der Waals surface area contributed by atoms with Gasteiger partial charge in [0.15, 0.2) is 5.78 Å². The molecule has 0 radical (unpaired) electrons. The molecular weight excluding hydrogens is 352 g/mol. The molecule has 1 aliphatic rings. The Labute approximate surface area is 156 Å². The van der Waals surface area contributed by atoms with Crippen LogP contribution in [0.25, 0.3) is 0 Å². The molecule has 0 aliphatic carbocycles. The predicted molar refractivity (Wildman–Crippen MR) is 100 cm³/mol. The summed E-state index contributed by atoms with van der Waals surface area (Å²) in [5, 5.41) is 3.46. The molecule has 0 aromatic heterocycles. The average molecular weight is 371 g/mol. The number of ketones is 1. The van der Waals surface area contributed by atoms with Gasteiger partial charge in [-0.25, -0.2) is 0 Å². The van der Waals surface area contributed by atoms with Crippen LogP contribution < -0.4 is 5.32 Å². The van der Waals surface area contributed by atoms with Crippen LogP contribution in [0, 0.1) is 5.92 Å². The fourth-order valence-corrected chi connectivity index (χ4v) is 3.07. The van der Waals surface area contributed by atoms with E-state index in [0.717, 1.165) is 5.56 Å². The van der Waals surface area contributed by atoms with Crippen molar-refractivity contribution in [2.75, 3.05) is 11.9 Å². The Morgan fingerprint density at radius 2 is 1.77 bits per heavy atom. The third kappa shape index (κ3) is 4.29. The zero-order chi connectivity index (χ0) is 18.7. The molecule has 2 amide bonds. The summed E-state index contributed by atoms with van der Waals surface area (Å²) in [5.41, 5.74) is 2.18. The third-order valence-electron chi connectivity index (χ3n) is 4.43. The van der Waals surface area contributed by atoms with E-state index in [4.69, 9.17) is 11.6 Å². The van der Waals surface area contributed by atoms with E-state index in [9.17, 15) is 14.4 Å². The van der Waals surface area contributed by atoms with Crippen LogP contribution in [0.4, 0.5) is 5.69 Å². The lowest BCUT2D eigenvalue weighted by Gasteiger charge is -2.17.